The van der Waals surface area contributed by atoms with E-state index < -0.39 is 30.6 Å². The van der Waals surface area contributed by atoms with E-state index in [1.165, 1.54) is 154 Å². The zero-order chi connectivity index (χ0) is 38.2. The lowest BCUT2D eigenvalue weighted by molar-refractivity contribution is -0.172. The van der Waals surface area contributed by atoms with Crippen LogP contribution in [0.15, 0.2) is 0 Å². The first-order valence-electron chi connectivity index (χ1n) is 22.1. The highest BCUT2D eigenvalue weighted by atomic mass is 16.7. The molecule has 1 unspecified atom stereocenters. The Hall–Kier alpha value is -2.12. The molecule has 0 amide bonds. The van der Waals surface area contributed by atoms with Gasteiger partial charge >= 0.3 is 23.9 Å². The van der Waals surface area contributed by atoms with Crippen LogP contribution in [0.2, 0.25) is 0 Å². The van der Waals surface area contributed by atoms with Crippen LogP contribution in [0.3, 0.4) is 0 Å². The van der Waals surface area contributed by atoms with Crippen LogP contribution in [0.25, 0.3) is 0 Å². The smallest absolute Gasteiger partial charge is 0.315 e. The molecule has 8 heteroatoms. The molecular weight excluding hydrogens is 656 g/mol. The van der Waals surface area contributed by atoms with Gasteiger partial charge in [0.25, 0.3) is 0 Å². The number of esters is 3. The number of carbonyl (C=O) groups excluding carboxylic acids is 3. The normalized spacial score (nSPS) is 11.7. The molecule has 0 aliphatic rings. The van der Waals surface area contributed by atoms with E-state index in [0.717, 1.165) is 38.5 Å². The van der Waals surface area contributed by atoms with Crippen LogP contribution in [0.4, 0.5) is 0 Å². The minimum absolute atomic E-state index is 0.0922. The Morgan fingerprint density at radius 2 is 0.731 bits per heavy atom. The fraction of sp³-hybridized carbons (Fsp3) is 0.909. The topological polar surface area (TPSA) is 116 Å². The first-order valence-corrected chi connectivity index (χ1v) is 22.1. The van der Waals surface area contributed by atoms with E-state index >= 15 is 0 Å². The van der Waals surface area contributed by atoms with Gasteiger partial charge in [-0.25, -0.2) is 0 Å². The molecule has 0 aliphatic heterocycles. The van der Waals surface area contributed by atoms with Gasteiger partial charge in [0.2, 0.25) is 6.79 Å². The molecule has 0 fully saturated rings. The van der Waals surface area contributed by atoms with Crippen LogP contribution in [0, 0.1) is 5.92 Å². The van der Waals surface area contributed by atoms with E-state index in [0.29, 0.717) is 6.42 Å². The number of aliphatic carboxylic acids is 1. The van der Waals surface area contributed by atoms with E-state index in [2.05, 4.69) is 13.8 Å². The van der Waals surface area contributed by atoms with Crippen molar-refractivity contribution in [2.45, 2.75) is 239 Å². The minimum atomic E-state index is -0.954. The maximum atomic E-state index is 12.7. The summed E-state index contributed by atoms with van der Waals surface area (Å²) >= 11 is 0. The molecular formula is C44H82O8. The van der Waals surface area contributed by atoms with Crippen LogP contribution in [0.1, 0.15) is 239 Å². The van der Waals surface area contributed by atoms with Gasteiger partial charge in [-0.05, 0) is 25.7 Å². The van der Waals surface area contributed by atoms with Crippen molar-refractivity contribution in [3.63, 3.8) is 0 Å². The van der Waals surface area contributed by atoms with Gasteiger partial charge < -0.3 is 19.3 Å². The quantitative estimate of drug-likeness (QED) is 0.0374. The van der Waals surface area contributed by atoms with Crippen molar-refractivity contribution < 1.29 is 38.5 Å². The highest BCUT2D eigenvalue weighted by Gasteiger charge is 2.23. The third-order valence-corrected chi connectivity index (χ3v) is 10.1. The van der Waals surface area contributed by atoms with Crippen molar-refractivity contribution in [2.24, 2.45) is 5.92 Å². The second-order valence-electron chi connectivity index (χ2n) is 15.2. The summed E-state index contributed by atoms with van der Waals surface area (Å²) in [6.45, 7) is 3.86. The number of ether oxygens (including phenoxy) is 3. The van der Waals surface area contributed by atoms with Crippen molar-refractivity contribution in [1.29, 1.82) is 0 Å². The minimum Gasteiger partial charge on any atom is -0.481 e. The second kappa shape index (κ2) is 40.1. The molecule has 0 radical (unpaired) electrons. The molecule has 0 heterocycles. The Labute approximate surface area is 319 Å². The number of hydrogen-bond acceptors (Lipinski definition) is 7. The second-order valence-corrected chi connectivity index (χ2v) is 15.2. The highest BCUT2D eigenvalue weighted by Crippen LogP contribution is 2.17. The molecule has 0 rings (SSSR count). The van der Waals surface area contributed by atoms with Gasteiger partial charge in [-0.15, -0.1) is 0 Å². The lowest BCUT2D eigenvalue weighted by Crippen LogP contribution is -2.26. The summed E-state index contributed by atoms with van der Waals surface area (Å²) in [5.41, 5.74) is 0. The van der Waals surface area contributed by atoms with E-state index in [1.54, 1.807) is 0 Å². The van der Waals surface area contributed by atoms with Gasteiger partial charge in [-0.2, -0.15) is 0 Å². The van der Waals surface area contributed by atoms with Crippen molar-refractivity contribution in [3.05, 3.63) is 0 Å². The fourth-order valence-electron chi connectivity index (χ4n) is 6.66. The van der Waals surface area contributed by atoms with Gasteiger partial charge in [-0.3, -0.25) is 19.2 Å². The number of carbonyl (C=O) groups is 4. The zero-order valence-electron chi connectivity index (χ0n) is 34.0. The van der Waals surface area contributed by atoms with E-state index in [1.807, 2.05) is 0 Å². The van der Waals surface area contributed by atoms with Crippen molar-refractivity contribution in [2.75, 3.05) is 13.4 Å². The first-order chi connectivity index (χ1) is 25.4. The predicted molar refractivity (Wildman–Crippen MR) is 212 cm³/mol. The molecule has 0 saturated heterocycles. The standard InChI is InChI=1S/C44H82O8/c1-3-5-7-9-11-13-15-17-19-21-23-25-27-29-31-36-42(47)50-38-40(34-33-35-41(45)46)44(49)52-39-51-43(48)37-32-30-28-26-24-22-20-18-16-14-12-10-8-6-4-2/h40H,3-39H2,1-2H3,(H,45,46). The highest BCUT2D eigenvalue weighted by molar-refractivity contribution is 5.74. The van der Waals surface area contributed by atoms with Crippen LogP contribution >= 0.6 is 0 Å². The van der Waals surface area contributed by atoms with E-state index in [9.17, 15) is 19.2 Å². The average Bonchev–Trinajstić information content (AvgIpc) is 3.12. The fourth-order valence-corrected chi connectivity index (χ4v) is 6.66. The summed E-state index contributed by atoms with van der Waals surface area (Å²) in [7, 11) is 0. The van der Waals surface area contributed by atoms with Crippen LogP contribution in [0.5, 0.6) is 0 Å². The molecule has 306 valence electrons. The molecule has 0 bridgehead atoms. The summed E-state index contributed by atoms with van der Waals surface area (Å²) in [6, 6.07) is 0. The molecule has 0 aromatic rings. The molecule has 0 aromatic carbocycles. The molecule has 0 aliphatic carbocycles. The molecule has 1 N–H and O–H groups in total. The summed E-state index contributed by atoms with van der Waals surface area (Å²) in [6.07, 6.45) is 38.6. The summed E-state index contributed by atoms with van der Waals surface area (Å²) in [4.78, 5) is 48.1. The Morgan fingerprint density at radius 3 is 1.08 bits per heavy atom. The monoisotopic (exact) mass is 739 g/mol. The Bertz CT molecular complexity index is 829. The lowest BCUT2D eigenvalue weighted by atomic mass is 10.0. The van der Waals surface area contributed by atoms with Gasteiger partial charge in [0.1, 0.15) is 6.61 Å². The third kappa shape index (κ3) is 37.6. The van der Waals surface area contributed by atoms with Crippen LogP contribution in [-0.4, -0.2) is 42.4 Å². The summed E-state index contributed by atoms with van der Waals surface area (Å²) in [5.74, 6) is -3.16. The van der Waals surface area contributed by atoms with Gasteiger partial charge in [0, 0.05) is 19.3 Å². The maximum Gasteiger partial charge on any atom is 0.315 e. The Morgan fingerprint density at radius 1 is 0.404 bits per heavy atom. The SMILES string of the molecule is CCCCCCCCCCCCCCCCCC(=O)OCOC(=O)C(CCCC(=O)O)COC(=O)CCCCCCCCCCCCCCCCC. The number of unbranched alkanes of at least 4 members (excludes halogenated alkanes) is 28. The summed E-state index contributed by atoms with van der Waals surface area (Å²) < 4.78 is 15.6. The molecule has 0 saturated carbocycles. The molecule has 1 atom stereocenters. The largest absolute Gasteiger partial charge is 0.481 e. The van der Waals surface area contributed by atoms with Crippen molar-refractivity contribution in [3.8, 4) is 0 Å². The Kier molecular flexibility index (Phi) is 38.4. The molecule has 0 spiro atoms. The zero-order valence-corrected chi connectivity index (χ0v) is 34.0. The number of carboxylic acid groups (broad SMARTS) is 1. The number of hydrogen-bond donors (Lipinski definition) is 1. The molecule has 8 nitrogen and oxygen atoms in total. The van der Waals surface area contributed by atoms with Gasteiger partial charge in [-0.1, -0.05) is 194 Å². The number of carboxylic acids is 1. The lowest BCUT2D eigenvalue weighted by Gasteiger charge is -2.16. The maximum absolute atomic E-state index is 12.7. The summed E-state index contributed by atoms with van der Waals surface area (Å²) in [5, 5.41) is 8.99. The molecule has 52 heavy (non-hydrogen) atoms. The average molecular weight is 739 g/mol. The van der Waals surface area contributed by atoms with Gasteiger partial charge in [0.15, 0.2) is 0 Å². The number of rotatable bonds is 41. The van der Waals surface area contributed by atoms with Crippen molar-refractivity contribution >= 4 is 23.9 Å². The van der Waals surface area contributed by atoms with Crippen molar-refractivity contribution in [1.82, 2.24) is 0 Å². The van der Waals surface area contributed by atoms with Crippen LogP contribution < -0.4 is 0 Å². The van der Waals surface area contributed by atoms with E-state index in [4.69, 9.17) is 19.3 Å². The van der Waals surface area contributed by atoms with Crippen LogP contribution in [-0.2, 0) is 33.4 Å². The van der Waals surface area contributed by atoms with Gasteiger partial charge in [0.05, 0.1) is 5.92 Å². The first kappa shape index (κ1) is 49.9. The third-order valence-electron chi connectivity index (χ3n) is 10.1. The van der Waals surface area contributed by atoms with E-state index in [-0.39, 0.29) is 38.3 Å². The Balaban J connectivity index is 3.93. The molecule has 0 aromatic heterocycles. The predicted octanol–water partition coefficient (Wildman–Crippen LogP) is 13.0.